The number of hydrogen-bond donors (Lipinski definition) is 3. The van der Waals surface area contributed by atoms with E-state index in [-0.39, 0.29) is 62.0 Å². The van der Waals surface area contributed by atoms with E-state index in [2.05, 4.69) is 0 Å². The molecule has 0 fully saturated rings. The Labute approximate surface area is 100 Å². The number of aliphatic carboxylic acids is 1. The first-order valence-electron chi connectivity index (χ1n) is 1.77. The molecule has 0 aromatic carbocycles. The minimum atomic E-state index is -1.18. The van der Waals surface area contributed by atoms with E-state index in [4.69, 9.17) is 15.9 Å². The van der Waals surface area contributed by atoms with Crippen molar-refractivity contribution >= 4 is 5.97 Å². The van der Waals surface area contributed by atoms with Gasteiger partial charge in [-0.15, -0.1) is 0 Å². The summed E-state index contributed by atoms with van der Waals surface area (Å²) in [6.07, 6.45) is 0. The second kappa shape index (κ2) is 9.39. The Balaban J connectivity index is -0.0000000300. The predicted molar refractivity (Wildman–Crippen MR) is 24.9 cm³/mol. The molecule has 6 heteroatoms. The SMILES string of the molecule is NC(CO)C(=O)O.[H-].[H-].[Na+].[Na+]. The predicted octanol–water partition coefficient (Wildman–Crippen LogP) is -7.38. The van der Waals surface area contributed by atoms with Crippen LogP contribution in [0, 0.1) is 0 Å². The Morgan fingerprint density at radius 2 is 2.00 bits per heavy atom. The van der Waals surface area contributed by atoms with Crippen LogP contribution in [0.3, 0.4) is 0 Å². The number of carboxylic acid groups (broad SMARTS) is 1. The fourth-order valence-electron chi connectivity index (χ4n) is 0.0781. The molecule has 0 spiro atoms. The van der Waals surface area contributed by atoms with Crippen LogP contribution >= 0.6 is 0 Å². The summed E-state index contributed by atoms with van der Waals surface area (Å²) in [4.78, 5) is 9.65. The van der Waals surface area contributed by atoms with E-state index >= 15 is 0 Å². The quantitative estimate of drug-likeness (QED) is 0.344. The summed E-state index contributed by atoms with van der Waals surface area (Å²) < 4.78 is 0. The van der Waals surface area contributed by atoms with Crippen molar-refractivity contribution in [2.45, 2.75) is 6.04 Å². The molecule has 0 amide bonds. The summed E-state index contributed by atoms with van der Waals surface area (Å²) in [5.41, 5.74) is 4.77. The average molecular weight is 153 g/mol. The molecule has 0 bridgehead atoms. The molecule has 1 atom stereocenters. The van der Waals surface area contributed by atoms with E-state index in [0.717, 1.165) is 0 Å². The first-order valence-corrected chi connectivity index (χ1v) is 1.77. The molecule has 0 aliphatic heterocycles. The van der Waals surface area contributed by atoms with Crippen LogP contribution in [0.4, 0.5) is 0 Å². The number of aliphatic hydroxyl groups is 1. The number of carboxylic acids is 1. The molecule has 9 heavy (non-hydrogen) atoms. The molecule has 0 aliphatic carbocycles. The minimum absolute atomic E-state index is 0. The smallest absolute Gasteiger partial charge is 1.00 e. The maximum atomic E-state index is 9.65. The third-order valence-corrected chi connectivity index (χ3v) is 0.514. The standard InChI is InChI=1S/C3H7NO3.2Na.2H/c4-2(1-5)3(6)7;;;;/h2,5H,1,4H2,(H,6,7);;;;/q;2*+1;2*-1. The van der Waals surface area contributed by atoms with Gasteiger partial charge in [-0.1, -0.05) is 0 Å². The van der Waals surface area contributed by atoms with Crippen LogP contribution in [0.25, 0.3) is 0 Å². The van der Waals surface area contributed by atoms with Gasteiger partial charge < -0.3 is 18.8 Å². The van der Waals surface area contributed by atoms with Crippen LogP contribution in [0.5, 0.6) is 0 Å². The monoisotopic (exact) mass is 153 g/mol. The van der Waals surface area contributed by atoms with Gasteiger partial charge in [-0.3, -0.25) is 4.79 Å². The zero-order chi connectivity index (χ0) is 5.86. The van der Waals surface area contributed by atoms with Gasteiger partial charge in [0.25, 0.3) is 0 Å². The number of hydrogen-bond acceptors (Lipinski definition) is 3. The van der Waals surface area contributed by atoms with E-state index in [1.165, 1.54) is 0 Å². The van der Waals surface area contributed by atoms with E-state index in [0.29, 0.717) is 0 Å². The van der Waals surface area contributed by atoms with Gasteiger partial charge in [-0.05, 0) is 0 Å². The van der Waals surface area contributed by atoms with Gasteiger partial charge in [0.15, 0.2) is 0 Å². The summed E-state index contributed by atoms with van der Waals surface area (Å²) in [6, 6.07) is -1.13. The summed E-state index contributed by atoms with van der Waals surface area (Å²) >= 11 is 0. The van der Waals surface area contributed by atoms with Crippen molar-refractivity contribution in [1.29, 1.82) is 0 Å². The topological polar surface area (TPSA) is 83.5 Å². The molecular formula is C3H9NNa2O3. The zero-order valence-corrected chi connectivity index (χ0v) is 9.66. The van der Waals surface area contributed by atoms with Crippen LogP contribution in [0.1, 0.15) is 2.85 Å². The normalized spacial score (nSPS) is 10.4. The summed E-state index contributed by atoms with van der Waals surface area (Å²) in [5.74, 6) is -1.18. The van der Waals surface area contributed by atoms with Gasteiger partial charge >= 0.3 is 65.1 Å². The third-order valence-electron chi connectivity index (χ3n) is 0.514. The van der Waals surface area contributed by atoms with Gasteiger partial charge in [-0.25, -0.2) is 0 Å². The Bertz CT molecular complexity index is 87.0. The van der Waals surface area contributed by atoms with E-state index in [1.54, 1.807) is 0 Å². The summed E-state index contributed by atoms with van der Waals surface area (Å²) in [5, 5.41) is 15.9. The van der Waals surface area contributed by atoms with Crippen LogP contribution in [-0.2, 0) is 4.79 Å². The Morgan fingerprint density at radius 3 is 2.00 bits per heavy atom. The van der Waals surface area contributed by atoms with Crippen molar-refractivity contribution in [1.82, 2.24) is 0 Å². The van der Waals surface area contributed by atoms with Crippen molar-refractivity contribution in [3.8, 4) is 0 Å². The number of carbonyl (C=O) groups is 1. The molecule has 0 heterocycles. The van der Waals surface area contributed by atoms with Crippen LogP contribution in [0.2, 0.25) is 0 Å². The second-order valence-corrected chi connectivity index (χ2v) is 1.13. The maximum absolute atomic E-state index is 9.65. The molecule has 0 rings (SSSR count). The van der Waals surface area contributed by atoms with Crippen LogP contribution in [-0.4, -0.2) is 28.8 Å². The first kappa shape index (κ1) is 16.8. The maximum Gasteiger partial charge on any atom is 1.00 e. The van der Waals surface area contributed by atoms with Gasteiger partial charge in [0.1, 0.15) is 6.04 Å². The van der Waals surface area contributed by atoms with Gasteiger partial charge in [0.05, 0.1) is 6.61 Å². The fraction of sp³-hybridized carbons (Fsp3) is 0.667. The Hall–Kier alpha value is 1.39. The molecule has 46 valence electrons. The minimum Gasteiger partial charge on any atom is -1.00 e. The average Bonchev–Trinajstić information content (AvgIpc) is 1.65. The van der Waals surface area contributed by atoms with Crippen LogP contribution < -0.4 is 64.8 Å². The Morgan fingerprint density at radius 1 is 1.67 bits per heavy atom. The first-order chi connectivity index (χ1) is 3.18. The van der Waals surface area contributed by atoms with Crippen molar-refractivity contribution in [2.75, 3.05) is 6.61 Å². The van der Waals surface area contributed by atoms with E-state index in [1.807, 2.05) is 0 Å². The van der Waals surface area contributed by atoms with E-state index < -0.39 is 18.6 Å². The third kappa shape index (κ3) is 9.39. The van der Waals surface area contributed by atoms with Gasteiger partial charge in [0, 0.05) is 0 Å². The number of rotatable bonds is 2. The van der Waals surface area contributed by atoms with Crippen molar-refractivity contribution in [2.24, 2.45) is 5.73 Å². The van der Waals surface area contributed by atoms with Crippen molar-refractivity contribution in [3.05, 3.63) is 0 Å². The molecule has 0 aromatic rings. The molecule has 0 saturated carbocycles. The number of aliphatic hydroxyl groups excluding tert-OH is 1. The number of nitrogens with two attached hydrogens (primary N) is 1. The molecule has 4 nitrogen and oxygen atoms in total. The molecule has 0 radical (unpaired) electrons. The fourth-order valence-corrected chi connectivity index (χ4v) is 0.0781. The molecular weight excluding hydrogens is 144 g/mol. The molecule has 0 aromatic heterocycles. The second-order valence-electron chi connectivity index (χ2n) is 1.13. The molecule has 1 unspecified atom stereocenters. The van der Waals surface area contributed by atoms with Gasteiger partial charge in [-0.2, -0.15) is 0 Å². The van der Waals surface area contributed by atoms with Crippen molar-refractivity contribution in [3.63, 3.8) is 0 Å². The zero-order valence-electron chi connectivity index (χ0n) is 7.66. The summed E-state index contributed by atoms with van der Waals surface area (Å²) in [7, 11) is 0. The molecule has 0 saturated heterocycles. The van der Waals surface area contributed by atoms with Gasteiger partial charge in [0.2, 0.25) is 0 Å². The van der Waals surface area contributed by atoms with Crippen molar-refractivity contribution < 1.29 is 77.0 Å². The molecule has 0 aliphatic rings. The van der Waals surface area contributed by atoms with Crippen LogP contribution in [0.15, 0.2) is 0 Å². The summed E-state index contributed by atoms with van der Waals surface area (Å²) in [6.45, 7) is -0.505. The van der Waals surface area contributed by atoms with E-state index in [9.17, 15) is 4.79 Å². The largest absolute Gasteiger partial charge is 1.00 e. The molecule has 4 N–H and O–H groups in total. The Kier molecular flexibility index (Phi) is 17.5.